The van der Waals surface area contributed by atoms with Crippen LogP contribution in [0.4, 0.5) is 4.39 Å². The molecule has 2 rings (SSSR count). The first kappa shape index (κ1) is 9.58. The van der Waals surface area contributed by atoms with Crippen molar-refractivity contribution < 1.29 is 9.18 Å². The molecule has 1 atom stereocenters. The van der Waals surface area contributed by atoms with E-state index in [9.17, 15) is 9.18 Å². The summed E-state index contributed by atoms with van der Waals surface area (Å²) in [5.74, 6) is -0.160. The summed E-state index contributed by atoms with van der Waals surface area (Å²) in [4.78, 5) is 13.2. The van der Waals surface area contributed by atoms with Crippen LogP contribution in [0.1, 0.15) is 23.8 Å². The lowest BCUT2D eigenvalue weighted by atomic mass is 10.1. The molecular formula is C9H11FN2OS. The van der Waals surface area contributed by atoms with E-state index < -0.39 is 5.67 Å². The number of hydrogen-bond acceptors (Lipinski definition) is 3. The van der Waals surface area contributed by atoms with Gasteiger partial charge in [-0.15, -0.1) is 0 Å². The zero-order valence-corrected chi connectivity index (χ0v) is 8.68. The molecule has 0 N–H and O–H groups in total. The van der Waals surface area contributed by atoms with E-state index in [-0.39, 0.29) is 12.5 Å². The van der Waals surface area contributed by atoms with Crippen molar-refractivity contribution in [2.24, 2.45) is 0 Å². The maximum Gasteiger partial charge on any atom is 0.273 e. The third kappa shape index (κ3) is 1.77. The predicted molar refractivity (Wildman–Crippen MR) is 52.1 cm³/mol. The van der Waals surface area contributed by atoms with Crippen molar-refractivity contribution in [3.63, 3.8) is 0 Å². The Morgan fingerprint density at radius 2 is 2.57 bits per heavy atom. The van der Waals surface area contributed by atoms with Gasteiger partial charge in [-0.3, -0.25) is 4.79 Å². The Balaban J connectivity index is 2.08. The average molecular weight is 214 g/mol. The van der Waals surface area contributed by atoms with Crippen LogP contribution >= 0.6 is 11.5 Å². The number of hydrogen-bond donors (Lipinski definition) is 0. The summed E-state index contributed by atoms with van der Waals surface area (Å²) < 4.78 is 17.4. The number of nitrogens with zero attached hydrogens (tertiary/aromatic N) is 2. The van der Waals surface area contributed by atoms with Gasteiger partial charge in [0.2, 0.25) is 0 Å². The highest BCUT2D eigenvalue weighted by Gasteiger charge is 2.36. The molecule has 5 heteroatoms. The molecule has 0 aliphatic carbocycles. The van der Waals surface area contributed by atoms with Crippen molar-refractivity contribution in [1.29, 1.82) is 0 Å². The van der Waals surface area contributed by atoms with Gasteiger partial charge in [0.1, 0.15) is 11.4 Å². The highest BCUT2D eigenvalue weighted by atomic mass is 32.1. The van der Waals surface area contributed by atoms with Gasteiger partial charge in [-0.05, 0) is 24.5 Å². The van der Waals surface area contributed by atoms with Crippen molar-refractivity contribution in [2.45, 2.75) is 19.0 Å². The van der Waals surface area contributed by atoms with E-state index in [1.165, 1.54) is 23.4 Å². The molecule has 1 aromatic rings. The van der Waals surface area contributed by atoms with Crippen molar-refractivity contribution in [3.05, 3.63) is 17.1 Å². The summed E-state index contributed by atoms with van der Waals surface area (Å²) in [5.41, 5.74) is -0.807. The molecule has 76 valence electrons. The van der Waals surface area contributed by atoms with Gasteiger partial charge in [0, 0.05) is 18.3 Å². The van der Waals surface area contributed by atoms with Gasteiger partial charge in [-0.1, -0.05) is 0 Å². The lowest BCUT2D eigenvalue weighted by Crippen LogP contribution is -2.31. The molecular weight excluding hydrogens is 203 g/mol. The second-order valence-electron chi connectivity index (χ2n) is 3.77. The molecule has 2 heterocycles. The van der Waals surface area contributed by atoms with Gasteiger partial charge in [-0.25, -0.2) is 4.39 Å². The van der Waals surface area contributed by atoms with Crippen LogP contribution < -0.4 is 0 Å². The van der Waals surface area contributed by atoms with Crippen molar-refractivity contribution >= 4 is 17.4 Å². The van der Waals surface area contributed by atoms with Crippen LogP contribution in [0.15, 0.2) is 11.4 Å². The zero-order chi connectivity index (χ0) is 10.2. The van der Waals surface area contributed by atoms with Gasteiger partial charge in [0.05, 0.1) is 6.54 Å². The number of alkyl halides is 1. The van der Waals surface area contributed by atoms with Gasteiger partial charge < -0.3 is 4.90 Å². The lowest BCUT2D eigenvalue weighted by molar-refractivity contribution is 0.0756. The Hall–Kier alpha value is -0.970. The lowest BCUT2D eigenvalue weighted by Gasteiger charge is -2.16. The summed E-state index contributed by atoms with van der Waals surface area (Å²) in [6.07, 6.45) is 0.420. The molecule has 0 saturated carbocycles. The Labute approximate surface area is 85.7 Å². The maximum absolute atomic E-state index is 13.5. The van der Waals surface area contributed by atoms with E-state index in [0.717, 1.165) is 0 Å². The fourth-order valence-electron chi connectivity index (χ4n) is 1.58. The number of rotatable bonds is 1. The van der Waals surface area contributed by atoms with Gasteiger partial charge >= 0.3 is 0 Å². The monoisotopic (exact) mass is 214 g/mol. The van der Waals surface area contributed by atoms with Crippen LogP contribution in [-0.4, -0.2) is 33.9 Å². The van der Waals surface area contributed by atoms with Crippen LogP contribution in [-0.2, 0) is 0 Å². The molecule has 1 amide bonds. The Morgan fingerprint density at radius 1 is 1.79 bits per heavy atom. The predicted octanol–water partition coefficient (Wildman–Crippen LogP) is 1.72. The summed E-state index contributed by atoms with van der Waals surface area (Å²) in [6.45, 7) is 2.20. The molecule has 0 spiro atoms. The molecule has 1 aliphatic heterocycles. The van der Waals surface area contributed by atoms with Crippen LogP contribution in [0.3, 0.4) is 0 Å². The molecule has 1 aromatic heterocycles. The van der Waals surface area contributed by atoms with Crippen LogP contribution in [0.5, 0.6) is 0 Å². The summed E-state index contributed by atoms with van der Waals surface area (Å²) in [7, 11) is 0. The second-order valence-corrected chi connectivity index (χ2v) is 4.44. The second kappa shape index (κ2) is 3.31. The molecule has 1 fully saturated rings. The van der Waals surface area contributed by atoms with Gasteiger partial charge in [0.25, 0.3) is 5.91 Å². The summed E-state index contributed by atoms with van der Waals surface area (Å²) in [6, 6.07) is 1.67. The molecule has 0 unspecified atom stereocenters. The third-order valence-corrected chi connectivity index (χ3v) is 2.93. The highest BCUT2D eigenvalue weighted by Crippen LogP contribution is 2.25. The SMILES string of the molecule is C[C@]1(F)CCN(C(=O)c2ccsn2)C1. The van der Waals surface area contributed by atoms with Gasteiger partial charge in [0.15, 0.2) is 0 Å². The minimum Gasteiger partial charge on any atom is -0.334 e. The number of halogens is 1. The first-order valence-electron chi connectivity index (χ1n) is 4.47. The van der Waals surface area contributed by atoms with E-state index in [2.05, 4.69) is 4.37 Å². The first-order valence-corrected chi connectivity index (χ1v) is 5.31. The first-order chi connectivity index (χ1) is 6.58. The number of carbonyl (C=O) groups excluding carboxylic acids is 1. The van der Waals surface area contributed by atoms with Crippen molar-refractivity contribution in [2.75, 3.05) is 13.1 Å². The standard InChI is InChI=1S/C9H11FN2OS/c1-9(10)3-4-12(6-9)8(13)7-2-5-14-11-7/h2,5H,3-4,6H2,1H3/t9-/m0/s1. The zero-order valence-electron chi connectivity index (χ0n) is 7.86. The fourth-order valence-corrected chi connectivity index (χ4v) is 2.09. The molecule has 14 heavy (non-hydrogen) atoms. The largest absolute Gasteiger partial charge is 0.334 e. The van der Waals surface area contributed by atoms with Crippen molar-refractivity contribution in [1.82, 2.24) is 9.27 Å². The summed E-state index contributed by atoms with van der Waals surface area (Å²) >= 11 is 1.24. The highest BCUT2D eigenvalue weighted by molar-refractivity contribution is 7.03. The Kier molecular flexibility index (Phi) is 2.26. The molecule has 1 aliphatic rings. The average Bonchev–Trinajstić information content (AvgIpc) is 2.72. The van der Waals surface area contributed by atoms with Crippen LogP contribution in [0.25, 0.3) is 0 Å². The van der Waals surface area contributed by atoms with E-state index >= 15 is 0 Å². The minimum absolute atomic E-state index is 0.160. The van der Waals surface area contributed by atoms with E-state index in [0.29, 0.717) is 18.7 Å². The third-order valence-electron chi connectivity index (χ3n) is 2.37. The van der Waals surface area contributed by atoms with Crippen LogP contribution in [0.2, 0.25) is 0 Å². The summed E-state index contributed by atoms with van der Waals surface area (Å²) in [5, 5.41) is 1.75. The van der Waals surface area contributed by atoms with Crippen molar-refractivity contribution in [3.8, 4) is 0 Å². The molecule has 1 saturated heterocycles. The number of likely N-dealkylation sites (tertiary alicyclic amines) is 1. The molecule has 3 nitrogen and oxygen atoms in total. The molecule has 0 radical (unpaired) electrons. The van der Waals surface area contributed by atoms with Gasteiger partial charge in [-0.2, -0.15) is 4.37 Å². The number of carbonyl (C=O) groups is 1. The molecule has 0 aromatic carbocycles. The minimum atomic E-state index is -1.23. The topological polar surface area (TPSA) is 33.2 Å². The smallest absolute Gasteiger partial charge is 0.273 e. The Morgan fingerprint density at radius 3 is 3.07 bits per heavy atom. The van der Waals surface area contributed by atoms with E-state index in [1.54, 1.807) is 11.4 Å². The maximum atomic E-state index is 13.5. The number of aromatic nitrogens is 1. The number of amides is 1. The fraction of sp³-hybridized carbons (Fsp3) is 0.556. The van der Waals surface area contributed by atoms with E-state index in [1.807, 2.05) is 0 Å². The van der Waals surface area contributed by atoms with E-state index in [4.69, 9.17) is 0 Å². The molecule has 0 bridgehead atoms. The van der Waals surface area contributed by atoms with Crippen LogP contribution in [0, 0.1) is 0 Å². The normalized spacial score (nSPS) is 26.9. The Bertz CT molecular complexity index is 337. The quantitative estimate of drug-likeness (QED) is 0.713.